The van der Waals surface area contributed by atoms with E-state index in [0.717, 1.165) is 41.6 Å². The molecule has 2 aromatic rings. The molecule has 0 bridgehead atoms. The van der Waals surface area contributed by atoms with Gasteiger partial charge in [-0.3, -0.25) is 14.7 Å². The molecule has 4 heterocycles. The Morgan fingerprint density at radius 3 is 2.87 bits per heavy atom. The Morgan fingerprint density at radius 2 is 2.06 bits per heavy atom. The molecule has 1 saturated carbocycles. The Kier molecular flexibility index (Phi) is 5.97. The van der Waals surface area contributed by atoms with Crippen LogP contribution >= 0.6 is 11.3 Å². The highest BCUT2D eigenvalue weighted by atomic mass is 32.1. The summed E-state index contributed by atoms with van der Waals surface area (Å²) in [6, 6.07) is 6.58. The lowest BCUT2D eigenvalue weighted by molar-refractivity contribution is 0.0749. The summed E-state index contributed by atoms with van der Waals surface area (Å²) in [4.78, 5) is 29.7. The van der Waals surface area contributed by atoms with Crippen molar-refractivity contribution in [2.75, 3.05) is 38.1 Å². The van der Waals surface area contributed by atoms with Crippen molar-refractivity contribution in [3.63, 3.8) is 0 Å². The zero-order valence-corrected chi connectivity index (χ0v) is 19.3. The van der Waals surface area contributed by atoms with Gasteiger partial charge in [-0.1, -0.05) is 17.4 Å². The zero-order chi connectivity index (χ0) is 21.3. The Balaban J connectivity index is 1.18. The number of thiazole rings is 1. The van der Waals surface area contributed by atoms with Crippen LogP contribution in [0.15, 0.2) is 30.6 Å². The average molecular weight is 440 g/mol. The van der Waals surface area contributed by atoms with Crippen molar-refractivity contribution in [3.8, 4) is 0 Å². The van der Waals surface area contributed by atoms with E-state index in [9.17, 15) is 4.79 Å². The van der Waals surface area contributed by atoms with E-state index in [1.807, 2.05) is 25.2 Å². The maximum atomic E-state index is 13.2. The molecule has 2 saturated heterocycles. The number of carbonyl (C=O) groups excluding carboxylic acids is 1. The predicted octanol–water partition coefficient (Wildman–Crippen LogP) is 4.05. The van der Waals surface area contributed by atoms with Gasteiger partial charge in [0, 0.05) is 38.9 Å². The molecule has 5 rings (SSSR count). The van der Waals surface area contributed by atoms with Crippen LogP contribution in [0.2, 0.25) is 0 Å². The van der Waals surface area contributed by atoms with Gasteiger partial charge >= 0.3 is 0 Å². The van der Waals surface area contributed by atoms with Crippen LogP contribution in [0.3, 0.4) is 0 Å². The Hall–Kier alpha value is -1.99. The molecule has 1 unspecified atom stereocenters. The fourth-order valence-electron chi connectivity index (χ4n) is 5.29. The lowest BCUT2D eigenvalue weighted by atomic mass is 9.92. The van der Waals surface area contributed by atoms with Crippen LogP contribution in [0.1, 0.15) is 60.3 Å². The fraction of sp³-hybridized carbons (Fsp3) is 0.625. The predicted molar refractivity (Wildman–Crippen MR) is 124 cm³/mol. The number of anilines is 1. The topological polar surface area (TPSA) is 52.6 Å². The molecule has 1 spiro atoms. The van der Waals surface area contributed by atoms with Crippen molar-refractivity contribution < 1.29 is 4.79 Å². The summed E-state index contributed by atoms with van der Waals surface area (Å²) < 4.78 is 0. The van der Waals surface area contributed by atoms with E-state index < -0.39 is 0 Å². The summed E-state index contributed by atoms with van der Waals surface area (Å²) in [5.74, 6) is 0.146. The van der Waals surface area contributed by atoms with Crippen molar-refractivity contribution in [2.24, 2.45) is 5.41 Å². The van der Waals surface area contributed by atoms with Gasteiger partial charge in [-0.25, -0.2) is 4.98 Å². The molecule has 2 aromatic heterocycles. The first-order valence-corrected chi connectivity index (χ1v) is 12.5. The standard InChI is InChI=1S/C24H33N5OS/c1-27(17-19-6-2-3-12-25-19)23-26-16-21(31-23)22(30)28-13-4-7-20(8-15-28)29-14-5-9-24(18-29)10-11-24/h2-3,6,12,16,20H,4-5,7-11,13-15,17-18H2,1H3. The number of aromatic nitrogens is 2. The molecule has 166 valence electrons. The van der Waals surface area contributed by atoms with Crippen molar-refractivity contribution in [1.82, 2.24) is 19.8 Å². The molecule has 7 heteroatoms. The van der Waals surface area contributed by atoms with E-state index in [4.69, 9.17) is 0 Å². The Bertz CT molecular complexity index is 896. The minimum Gasteiger partial charge on any atom is -0.345 e. The molecule has 0 aromatic carbocycles. The highest BCUT2D eigenvalue weighted by Gasteiger charge is 2.46. The van der Waals surface area contributed by atoms with Crippen molar-refractivity contribution in [1.29, 1.82) is 0 Å². The van der Waals surface area contributed by atoms with Gasteiger partial charge in [0.15, 0.2) is 5.13 Å². The second-order valence-corrected chi connectivity index (χ2v) is 10.6. The molecule has 3 aliphatic rings. The van der Waals surface area contributed by atoms with Gasteiger partial charge in [0.25, 0.3) is 5.91 Å². The number of carbonyl (C=O) groups is 1. The van der Waals surface area contributed by atoms with E-state index in [1.54, 1.807) is 12.4 Å². The number of hydrogen-bond acceptors (Lipinski definition) is 6. The van der Waals surface area contributed by atoms with Crippen LogP contribution in [-0.2, 0) is 6.54 Å². The van der Waals surface area contributed by atoms with Gasteiger partial charge in [0.05, 0.1) is 18.4 Å². The molecule has 6 nitrogen and oxygen atoms in total. The molecule has 2 aliphatic heterocycles. The molecule has 1 aliphatic carbocycles. The quantitative estimate of drug-likeness (QED) is 0.704. The lowest BCUT2D eigenvalue weighted by Gasteiger charge is -2.38. The van der Waals surface area contributed by atoms with Crippen LogP contribution in [0.4, 0.5) is 5.13 Å². The van der Waals surface area contributed by atoms with Crippen LogP contribution in [0, 0.1) is 5.41 Å². The second kappa shape index (κ2) is 8.87. The minimum absolute atomic E-state index is 0.146. The Morgan fingerprint density at radius 1 is 1.16 bits per heavy atom. The third-order valence-corrected chi connectivity index (χ3v) is 8.41. The molecular formula is C24H33N5OS. The van der Waals surface area contributed by atoms with Gasteiger partial charge < -0.3 is 9.80 Å². The first kappa shape index (κ1) is 20.9. The van der Waals surface area contributed by atoms with Crippen LogP contribution in [0.5, 0.6) is 0 Å². The van der Waals surface area contributed by atoms with Crippen LogP contribution < -0.4 is 4.90 Å². The number of nitrogens with zero attached hydrogens (tertiary/aromatic N) is 5. The van der Waals surface area contributed by atoms with Crippen molar-refractivity contribution in [2.45, 2.75) is 57.5 Å². The van der Waals surface area contributed by atoms with Crippen LogP contribution in [0.25, 0.3) is 0 Å². The molecule has 0 radical (unpaired) electrons. The molecule has 1 atom stereocenters. The number of rotatable bonds is 5. The smallest absolute Gasteiger partial charge is 0.265 e. The van der Waals surface area contributed by atoms with Gasteiger partial charge in [-0.05, 0) is 69.0 Å². The minimum atomic E-state index is 0.146. The number of amides is 1. The highest BCUT2D eigenvalue weighted by molar-refractivity contribution is 7.17. The summed E-state index contributed by atoms with van der Waals surface area (Å²) in [6.45, 7) is 4.97. The third kappa shape index (κ3) is 4.77. The summed E-state index contributed by atoms with van der Waals surface area (Å²) in [5, 5.41) is 0.866. The van der Waals surface area contributed by atoms with Crippen molar-refractivity contribution >= 4 is 22.4 Å². The van der Waals surface area contributed by atoms with Gasteiger partial charge in [-0.2, -0.15) is 0 Å². The first-order valence-electron chi connectivity index (χ1n) is 11.7. The average Bonchev–Trinajstić information content (AvgIpc) is 3.42. The van der Waals surface area contributed by atoms with E-state index in [-0.39, 0.29) is 5.91 Å². The number of hydrogen-bond donors (Lipinski definition) is 0. The SMILES string of the molecule is CN(Cc1ccccn1)c1ncc(C(=O)N2CCCC(N3CCCC4(CC4)C3)CC2)s1. The number of pyridine rings is 1. The summed E-state index contributed by atoms with van der Waals surface area (Å²) in [6.07, 6.45) is 12.6. The van der Waals surface area contributed by atoms with Gasteiger partial charge in [-0.15, -0.1) is 0 Å². The largest absolute Gasteiger partial charge is 0.345 e. The number of piperidine rings is 1. The van der Waals surface area contributed by atoms with E-state index >= 15 is 0 Å². The van der Waals surface area contributed by atoms with E-state index in [0.29, 0.717) is 18.0 Å². The summed E-state index contributed by atoms with van der Waals surface area (Å²) >= 11 is 1.49. The molecule has 3 fully saturated rings. The van der Waals surface area contributed by atoms with Gasteiger partial charge in [0.1, 0.15) is 4.88 Å². The monoisotopic (exact) mass is 439 g/mol. The maximum Gasteiger partial charge on any atom is 0.265 e. The fourth-order valence-corrected chi connectivity index (χ4v) is 6.13. The normalized spacial score (nSPS) is 23.5. The number of likely N-dealkylation sites (tertiary alicyclic amines) is 2. The van der Waals surface area contributed by atoms with E-state index in [2.05, 4.69) is 24.7 Å². The zero-order valence-electron chi connectivity index (χ0n) is 18.5. The third-order valence-electron chi connectivity index (χ3n) is 7.31. The lowest BCUT2D eigenvalue weighted by Crippen LogP contribution is -2.44. The molecular weight excluding hydrogens is 406 g/mol. The Labute approximate surface area is 189 Å². The van der Waals surface area contributed by atoms with E-state index in [1.165, 1.54) is 56.5 Å². The summed E-state index contributed by atoms with van der Waals surface area (Å²) in [7, 11) is 2.00. The van der Waals surface area contributed by atoms with Gasteiger partial charge in [0.2, 0.25) is 0 Å². The molecule has 1 amide bonds. The van der Waals surface area contributed by atoms with Crippen molar-refractivity contribution in [3.05, 3.63) is 41.2 Å². The maximum absolute atomic E-state index is 13.2. The highest BCUT2D eigenvalue weighted by Crippen LogP contribution is 2.52. The molecule has 0 N–H and O–H groups in total. The second-order valence-electron chi connectivity index (χ2n) is 9.64. The first-order chi connectivity index (χ1) is 15.1. The molecule has 31 heavy (non-hydrogen) atoms. The summed E-state index contributed by atoms with van der Waals surface area (Å²) in [5.41, 5.74) is 1.66. The van der Waals surface area contributed by atoms with Crippen LogP contribution in [-0.4, -0.2) is 64.9 Å².